The highest BCUT2D eigenvalue weighted by Gasteiger charge is 2.20. The zero-order valence-corrected chi connectivity index (χ0v) is 22.3. The number of phenolic OH excluding ortho intramolecular Hbond substituents is 2. The van der Waals surface area contributed by atoms with E-state index in [-0.39, 0.29) is 10.8 Å². The van der Waals surface area contributed by atoms with Crippen LogP contribution in [0.2, 0.25) is 0 Å². The van der Waals surface area contributed by atoms with Crippen molar-refractivity contribution in [2.75, 3.05) is 0 Å². The van der Waals surface area contributed by atoms with E-state index in [1.165, 1.54) is 0 Å². The fourth-order valence-corrected chi connectivity index (χ4v) is 5.54. The van der Waals surface area contributed by atoms with Gasteiger partial charge in [0.05, 0.1) is 21.4 Å². The molecule has 2 N–H and O–H groups in total. The second kappa shape index (κ2) is 9.16. The van der Waals surface area contributed by atoms with Crippen LogP contribution in [0.25, 0.3) is 22.5 Å². The number of rotatable bonds is 5. The molecule has 0 saturated carbocycles. The summed E-state index contributed by atoms with van der Waals surface area (Å²) in [5.74, 6) is 0.657. The number of aromatic hydroxyl groups is 2. The molecule has 178 valence electrons. The summed E-state index contributed by atoms with van der Waals surface area (Å²) in [7, 11) is 0. The molecule has 2 heterocycles. The number of benzene rings is 2. The number of thiazole rings is 2. The minimum absolute atomic E-state index is 0.132. The van der Waals surface area contributed by atoms with E-state index in [0.717, 1.165) is 56.5 Å². The number of aryl methyl sites for hydroxylation is 2. The lowest BCUT2D eigenvalue weighted by Crippen LogP contribution is -2.11. The van der Waals surface area contributed by atoms with Crippen LogP contribution in [-0.4, -0.2) is 20.2 Å². The molecule has 4 nitrogen and oxygen atoms in total. The minimum Gasteiger partial charge on any atom is -0.508 e. The van der Waals surface area contributed by atoms with Crippen LogP contribution in [0, 0.1) is 0 Å². The van der Waals surface area contributed by atoms with Crippen molar-refractivity contribution >= 4 is 22.7 Å². The van der Waals surface area contributed by atoms with E-state index in [2.05, 4.69) is 52.3 Å². The van der Waals surface area contributed by atoms with Crippen LogP contribution in [0.15, 0.2) is 47.2 Å². The average molecular weight is 493 g/mol. The first kappa shape index (κ1) is 24.4. The van der Waals surface area contributed by atoms with Crippen LogP contribution in [0.3, 0.4) is 0 Å². The molecule has 4 rings (SSSR count). The van der Waals surface area contributed by atoms with Crippen molar-refractivity contribution in [2.45, 2.75) is 65.2 Å². The van der Waals surface area contributed by atoms with Crippen molar-refractivity contribution in [1.29, 1.82) is 0 Å². The standard InChI is InChI=1S/C28H32N2O2S2/c1-27(2,3)19-13-17(7-9-23(19)31)21-15-33-25(29-21)11-12-26-30-22(16-34-26)18-8-10-24(32)20(14-18)28(4,5)6/h7-10,13-16,31-32H,11-12H2,1-6H3. The Balaban J connectivity index is 1.47. The van der Waals surface area contributed by atoms with Crippen molar-refractivity contribution in [3.05, 3.63) is 68.3 Å². The monoisotopic (exact) mass is 492 g/mol. The van der Waals surface area contributed by atoms with E-state index in [0.29, 0.717) is 11.5 Å². The van der Waals surface area contributed by atoms with E-state index >= 15 is 0 Å². The number of hydrogen-bond donors (Lipinski definition) is 2. The van der Waals surface area contributed by atoms with Gasteiger partial charge in [0.1, 0.15) is 11.5 Å². The molecule has 0 aliphatic rings. The van der Waals surface area contributed by atoms with Gasteiger partial charge in [-0.05, 0) is 58.4 Å². The van der Waals surface area contributed by atoms with Crippen molar-refractivity contribution in [1.82, 2.24) is 9.97 Å². The lowest BCUT2D eigenvalue weighted by molar-refractivity contribution is 0.446. The predicted octanol–water partition coefficient (Wildman–Crippen LogP) is 7.73. The van der Waals surface area contributed by atoms with Gasteiger partial charge in [0, 0.05) is 34.7 Å². The summed E-state index contributed by atoms with van der Waals surface area (Å²) in [5, 5.41) is 26.8. The minimum atomic E-state index is -0.132. The van der Waals surface area contributed by atoms with Crippen LogP contribution in [0.1, 0.15) is 62.7 Å². The normalized spacial score (nSPS) is 12.3. The first-order valence-electron chi connectivity index (χ1n) is 11.5. The Morgan fingerprint density at radius 2 is 1.03 bits per heavy atom. The quantitative estimate of drug-likeness (QED) is 0.299. The Morgan fingerprint density at radius 3 is 1.38 bits per heavy atom. The van der Waals surface area contributed by atoms with Crippen LogP contribution in [0.5, 0.6) is 11.5 Å². The Hall–Kier alpha value is -2.70. The number of phenols is 2. The third kappa shape index (κ3) is 5.34. The van der Waals surface area contributed by atoms with Gasteiger partial charge in [-0.25, -0.2) is 9.97 Å². The maximum absolute atomic E-state index is 10.2. The Kier molecular flexibility index (Phi) is 6.58. The van der Waals surface area contributed by atoms with Crippen LogP contribution in [-0.2, 0) is 23.7 Å². The van der Waals surface area contributed by atoms with Crippen molar-refractivity contribution in [2.24, 2.45) is 0 Å². The summed E-state index contributed by atoms with van der Waals surface area (Å²) < 4.78 is 0. The van der Waals surface area contributed by atoms with Crippen molar-refractivity contribution < 1.29 is 10.2 Å². The molecule has 2 aromatic carbocycles. The highest BCUT2D eigenvalue weighted by Crippen LogP contribution is 2.36. The molecule has 34 heavy (non-hydrogen) atoms. The fraction of sp³-hybridized carbons (Fsp3) is 0.357. The molecule has 2 aromatic heterocycles. The summed E-state index contributed by atoms with van der Waals surface area (Å²) in [5.41, 5.74) is 5.55. The van der Waals surface area contributed by atoms with Gasteiger partial charge in [-0.2, -0.15) is 0 Å². The molecule has 6 heteroatoms. The smallest absolute Gasteiger partial charge is 0.119 e. The van der Waals surface area contributed by atoms with Crippen molar-refractivity contribution in [3.63, 3.8) is 0 Å². The molecule has 0 atom stereocenters. The molecule has 0 aliphatic heterocycles. The van der Waals surface area contributed by atoms with E-state index in [9.17, 15) is 10.2 Å². The summed E-state index contributed by atoms with van der Waals surface area (Å²) in [4.78, 5) is 9.70. The third-order valence-electron chi connectivity index (χ3n) is 5.86. The van der Waals surface area contributed by atoms with E-state index in [1.54, 1.807) is 34.8 Å². The van der Waals surface area contributed by atoms with E-state index < -0.39 is 0 Å². The van der Waals surface area contributed by atoms with Gasteiger partial charge in [-0.15, -0.1) is 22.7 Å². The molecule has 0 bridgehead atoms. The second-order valence-corrected chi connectivity index (χ2v) is 12.6. The molecule has 0 radical (unpaired) electrons. The Morgan fingerprint density at radius 1 is 0.647 bits per heavy atom. The summed E-state index contributed by atoms with van der Waals surface area (Å²) in [6, 6.07) is 11.5. The molecular weight excluding hydrogens is 460 g/mol. The van der Waals surface area contributed by atoms with Gasteiger partial charge in [0.2, 0.25) is 0 Å². The van der Waals surface area contributed by atoms with Crippen LogP contribution >= 0.6 is 22.7 Å². The van der Waals surface area contributed by atoms with E-state index in [4.69, 9.17) is 9.97 Å². The van der Waals surface area contributed by atoms with Gasteiger partial charge >= 0.3 is 0 Å². The molecule has 0 spiro atoms. The Labute approximate surface area is 210 Å². The maximum Gasteiger partial charge on any atom is 0.119 e. The van der Waals surface area contributed by atoms with Gasteiger partial charge in [-0.3, -0.25) is 0 Å². The van der Waals surface area contributed by atoms with Crippen LogP contribution < -0.4 is 0 Å². The molecular formula is C28H32N2O2S2. The maximum atomic E-state index is 10.2. The summed E-state index contributed by atoms with van der Waals surface area (Å²) in [6.07, 6.45) is 1.68. The lowest BCUT2D eigenvalue weighted by Gasteiger charge is -2.21. The van der Waals surface area contributed by atoms with Gasteiger partial charge in [-0.1, -0.05) is 41.5 Å². The number of hydrogen-bond acceptors (Lipinski definition) is 6. The van der Waals surface area contributed by atoms with E-state index in [1.807, 2.05) is 24.3 Å². The highest BCUT2D eigenvalue weighted by atomic mass is 32.1. The highest BCUT2D eigenvalue weighted by molar-refractivity contribution is 7.10. The zero-order chi connectivity index (χ0) is 24.7. The summed E-state index contributed by atoms with van der Waals surface area (Å²) in [6.45, 7) is 12.6. The molecule has 0 unspecified atom stereocenters. The third-order valence-corrected chi connectivity index (χ3v) is 7.67. The lowest BCUT2D eigenvalue weighted by atomic mass is 9.85. The molecule has 4 aromatic rings. The average Bonchev–Trinajstić information content (AvgIpc) is 3.41. The van der Waals surface area contributed by atoms with Gasteiger partial charge < -0.3 is 10.2 Å². The Bertz CT molecular complexity index is 1200. The zero-order valence-electron chi connectivity index (χ0n) is 20.6. The van der Waals surface area contributed by atoms with Crippen molar-refractivity contribution in [3.8, 4) is 34.0 Å². The first-order valence-corrected chi connectivity index (χ1v) is 13.2. The predicted molar refractivity (Wildman–Crippen MR) is 143 cm³/mol. The topological polar surface area (TPSA) is 66.2 Å². The number of nitrogens with zero attached hydrogens (tertiary/aromatic N) is 2. The molecule has 0 fully saturated rings. The molecule has 0 aliphatic carbocycles. The first-order chi connectivity index (χ1) is 15.9. The molecule has 0 saturated heterocycles. The fourth-order valence-electron chi connectivity index (χ4n) is 3.92. The SMILES string of the molecule is CC(C)(C)c1cc(-c2csc(CCc3nc(-c4ccc(O)c(C(C)(C)C)c4)cs3)n2)ccc1O. The largest absolute Gasteiger partial charge is 0.508 e. The molecule has 0 amide bonds. The summed E-state index contributed by atoms with van der Waals surface area (Å²) >= 11 is 3.33. The van der Waals surface area contributed by atoms with Gasteiger partial charge in [0.25, 0.3) is 0 Å². The van der Waals surface area contributed by atoms with Crippen LogP contribution in [0.4, 0.5) is 0 Å². The van der Waals surface area contributed by atoms with Gasteiger partial charge in [0.15, 0.2) is 0 Å². The number of aromatic nitrogens is 2. The second-order valence-electron chi connectivity index (χ2n) is 10.7.